The van der Waals surface area contributed by atoms with Crippen LogP contribution in [0.5, 0.6) is 0 Å². The third-order valence-corrected chi connectivity index (χ3v) is 7.34. The molecule has 0 amide bonds. The zero-order chi connectivity index (χ0) is 12.2. The first-order valence-electron chi connectivity index (χ1n) is 6.68. The number of rotatable bonds is 3. The van der Waals surface area contributed by atoms with Crippen molar-refractivity contribution in [2.45, 2.75) is 25.5 Å². The molecule has 2 aliphatic rings. The molecule has 1 atom stereocenters. The van der Waals surface area contributed by atoms with Gasteiger partial charge in [-0.25, -0.2) is 0 Å². The molecule has 2 radical (unpaired) electrons. The van der Waals surface area contributed by atoms with Crippen molar-refractivity contribution < 1.29 is 9.47 Å². The zero-order valence-corrected chi connectivity index (χ0v) is 13.4. The van der Waals surface area contributed by atoms with Gasteiger partial charge in [0.25, 0.3) is 0 Å². The van der Waals surface area contributed by atoms with Gasteiger partial charge in [-0.05, 0) is 0 Å². The van der Waals surface area contributed by atoms with E-state index in [4.69, 9.17) is 9.47 Å². The van der Waals surface area contributed by atoms with Crippen LogP contribution < -0.4 is 3.71 Å². The Kier molecular flexibility index (Phi) is 4.56. The average molecular weight is 356 g/mol. The molecule has 98 valence electrons. The zero-order valence-electron chi connectivity index (χ0n) is 10.5. The van der Waals surface area contributed by atoms with Crippen molar-refractivity contribution in [1.29, 1.82) is 0 Å². The van der Waals surface area contributed by atoms with Gasteiger partial charge >= 0.3 is 118 Å². The Morgan fingerprint density at radius 2 is 2.11 bits per heavy atom. The molecule has 0 aromatic carbocycles. The SMILES string of the molecule is c1c[c]([Sn][N]2CCOCC2)n(C2CCCCO2)n1. The van der Waals surface area contributed by atoms with Crippen LogP contribution in [0.4, 0.5) is 0 Å². The molecule has 2 fully saturated rings. The second-order valence-electron chi connectivity index (χ2n) is 4.69. The molecule has 0 aliphatic carbocycles. The number of morpholine rings is 1. The fourth-order valence-corrected chi connectivity index (χ4v) is 5.76. The van der Waals surface area contributed by atoms with Gasteiger partial charge in [0.05, 0.1) is 0 Å². The number of aromatic nitrogens is 2. The topological polar surface area (TPSA) is 39.5 Å². The molecule has 1 aromatic heterocycles. The van der Waals surface area contributed by atoms with Gasteiger partial charge in [-0.1, -0.05) is 0 Å². The minimum absolute atomic E-state index is 0.186. The van der Waals surface area contributed by atoms with Gasteiger partial charge in [-0.3, -0.25) is 0 Å². The van der Waals surface area contributed by atoms with Crippen LogP contribution in [0, 0.1) is 0 Å². The summed E-state index contributed by atoms with van der Waals surface area (Å²) in [5.74, 6) is 0. The van der Waals surface area contributed by atoms with Gasteiger partial charge < -0.3 is 0 Å². The summed E-state index contributed by atoms with van der Waals surface area (Å²) in [7, 11) is 0. The minimum atomic E-state index is -0.720. The van der Waals surface area contributed by atoms with Gasteiger partial charge in [-0.15, -0.1) is 0 Å². The van der Waals surface area contributed by atoms with Crippen molar-refractivity contribution in [2.75, 3.05) is 32.9 Å². The molecular weight excluding hydrogens is 337 g/mol. The first-order chi connectivity index (χ1) is 8.93. The molecule has 18 heavy (non-hydrogen) atoms. The van der Waals surface area contributed by atoms with E-state index in [0.29, 0.717) is 0 Å². The average Bonchev–Trinajstić information content (AvgIpc) is 2.89. The van der Waals surface area contributed by atoms with Crippen molar-refractivity contribution in [2.24, 2.45) is 0 Å². The summed E-state index contributed by atoms with van der Waals surface area (Å²) in [5, 5.41) is 4.48. The number of hydrogen-bond donors (Lipinski definition) is 0. The summed E-state index contributed by atoms with van der Waals surface area (Å²) < 4.78 is 17.4. The predicted octanol–water partition coefficient (Wildman–Crippen LogP) is 0.159. The Morgan fingerprint density at radius 1 is 1.22 bits per heavy atom. The van der Waals surface area contributed by atoms with Crippen molar-refractivity contribution in [3.8, 4) is 0 Å². The van der Waals surface area contributed by atoms with Crippen LogP contribution in [0.2, 0.25) is 0 Å². The monoisotopic (exact) mass is 357 g/mol. The Balaban J connectivity index is 1.66. The van der Waals surface area contributed by atoms with Crippen molar-refractivity contribution >= 4 is 25.1 Å². The molecule has 3 rings (SSSR count). The molecule has 1 aromatic rings. The number of hydrogen-bond acceptors (Lipinski definition) is 4. The van der Waals surface area contributed by atoms with Crippen LogP contribution in [0.25, 0.3) is 0 Å². The summed E-state index contributed by atoms with van der Waals surface area (Å²) in [5.41, 5.74) is 0. The van der Waals surface area contributed by atoms with Gasteiger partial charge in [0.15, 0.2) is 0 Å². The van der Waals surface area contributed by atoms with Gasteiger partial charge in [0, 0.05) is 0 Å². The summed E-state index contributed by atoms with van der Waals surface area (Å²) >= 11 is -0.720. The number of ether oxygens (including phenoxy) is 2. The van der Waals surface area contributed by atoms with Gasteiger partial charge in [-0.2, -0.15) is 0 Å². The van der Waals surface area contributed by atoms with E-state index in [1.54, 1.807) is 0 Å². The Hall–Kier alpha value is -0.111. The first kappa shape index (κ1) is 12.9. The molecule has 6 heteroatoms. The molecule has 0 bridgehead atoms. The summed E-state index contributed by atoms with van der Waals surface area (Å²) in [6, 6.07) is 2.18. The van der Waals surface area contributed by atoms with Crippen LogP contribution in [-0.4, -0.2) is 67.2 Å². The normalized spacial score (nSPS) is 26.3. The van der Waals surface area contributed by atoms with Crippen LogP contribution in [0.1, 0.15) is 25.5 Å². The van der Waals surface area contributed by atoms with E-state index < -0.39 is 21.4 Å². The molecule has 1 unspecified atom stereocenters. The summed E-state index contributed by atoms with van der Waals surface area (Å²) in [4.78, 5) is 0. The molecule has 2 saturated heterocycles. The second-order valence-corrected chi connectivity index (χ2v) is 8.60. The fraction of sp³-hybridized carbons (Fsp3) is 0.750. The van der Waals surface area contributed by atoms with E-state index in [1.807, 2.05) is 6.20 Å². The van der Waals surface area contributed by atoms with Crippen molar-refractivity contribution in [3.63, 3.8) is 0 Å². The van der Waals surface area contributed by atoms with E-state index >= 15 is 0 Å². The van der Waals surface area contributed by atoms with E-state index in [2.05, 4.69) is 19.0 Å². The maximum absolute atomic E-state index is 5.84. The summed E-state index contributed by atoms with van der Waals surface area (Å²) in [6.45, 7) is 4.82. The molecule has 0 spiro atoms. The van der Waals surface area contributed by atoms with Crippen molar-refractivity contribution in [1.82, 2.24) is 12.9 Å². The Labute approximate surface area is 118 Å². The third kappa shape index (κ3) is 3.07. The van der Waals surface area contributed by atoms with Gasteiger partial charge in [0.2, 0.25) is 0 Å². The predicted molar refractivity (Wildman–Crippen MR) is 68.8 cm³/mol. The van der Waals surface area contributed by atoms with Gasteiger partial charge in [0.1, 0.15) is 0 Å². The number of nitrogens with zero attached hydrogens (tertiary/aromatic N) is 3. The third-order valence-electron chi connectivity index (χ3n) is 3.38. The Bertz CT molecular complexity index is 373. The molecule has 5 nitrogen and oxygen atoms in total. The van der Waals surface area contributed by atoms with Crippen LogP contribution in [-0.2, 0) is 9.47 Å². The molecule has 0 N–H and O–H groups in total. The van der Waals surface area contributed by atoms with E-state index in [0.717, 1.165) is 39.3 Å². The maximum atomic E-state index is 5.84. The standard InChI is InChI=1S/C8H11N2O.C4H8NO.Sn/c1-2-7-11-8(4-1)10-6-3-5-9-10;1-3-6-4-2-5-1;/h3,5,8H,1-2,4,7H2;1-4H2;/q;-1;+1. The fourth-order valence-electron chi connectivity index (χ4n) is 2.39. The van der Waals surface area contributed by atoms with E-state index in [1.165, 1.54) is 16.6 Å². The molecule has 0 saturated carbocycles. The first-order valence-corrected chi connectivity index (χ1v) is 9.38. The molecule has 2 aliphatic heterocycles. The van der Waals surface area contributed by atoms with Crippen LogP contribution in [0.3, 0.4) is 0 Å². The van der Waals surface area contributed by atoms with Crippen molar-refractivity contribution in [3.05, 3.63) is 12.3 Å². The quantitative estimate of drug-likeness (QED) is 0.724. The summed E-state index contributed by atoms with van der Waals surface area (Å²) in [6.07, 6.45) is 5.67. The molecule has 3 heterocycles. The second kappa shape index (κ2) is 6.36. The van der Waals surface area contributed by atoms with Crippen LogP contribution in [0.15, 0.2) is 12.3 Å². The van der Waals surface area contributed by atoms with Crippen LogP contribution >= 0.6 is 0 Å². The van der Waals surface area contributed by atoms with E-state index in [-0.39, 0.29) is 6.23 Å². The van der Waals surface area contributed by atoms with E-state index in [9.17, 15) is 0 Å². The molecular formula is C12H19N3O2Sn. The Morgan fingerprint density at radius 3 is 2.89 bits per heavy atom.